The Morgan fingerprint density at radius 3 is 2.05 bits per heavy atom. The molecule has 2 atom stereocenters. The van der Waals surface area contributed by atoms with Gasteiger partial charge in [0.25, 0.3) is 11.8 Å². The van der Waals surface area contributed by atoms with Crippen molar-refractivity contribution in [3.8, 4) is 0 Å². The van der Waals surface area contributed by atoms with E-state index in [9.17, 15) is 9.59 Å². The molecule has 1 aliphatic carbocycles. The normalized spacial score (nSPS) is 24.7. The van der Waals surface area contributed by atoms with Crippen molar-refractivity contribution in [3.63, 3.8) is 0 Å². The van der Waals surface area contributed by atoms with Gasteiger partial charge in [0.05, 0.1) is 23.3 Å². The number of imide groups is 1. The maximum atomic E-state index is 12.5. The molecule has 0 radical (unpaired) electrons. The number of hydrogen-bond acceptors (Lipinski definition) is 3. The Morgan fingerprint density at radius 2 is 1.59 bits per heavy atom. The van der Waals surface area contributed by atoms with Gasteiger partial charge in [0.1, 0.15) is 0 Å². The molecule has 0 aromatic heterocycles. The van der Waals surface area contributed by atoms with Crippen LogP contribution in [0.2, 0.25) is 18.1 Å². The highest BCUT2D eigenvalue weighted by atomic mass is 28.4. The van der Waals surface area contributed by atoms with E-state index in [-0.39, 0.29) is 29.0 Å². The lowest BCUT2D eigenvalue weighted by molar-refractivity contribution is 0.0616. The van der Waals surface area contributed by atoms with Gasteiger partial charge < -0.3 is 4.43 Å². The fourth-order valence-electron chi connectivity index (χ4n) is 2.62. The number of carbonyl (C=O) groups is 2. The van der Waals surface area contributed by atoms with Crippen LogP contribution in [0.25, 0.3) is 0 Å². The molecule has 5 heteroatoms. The lowest BCUT2D eigenvalue weighted by Gasteiger charge is -2.36. The summed E-state index contributed by atoms with van der Waals surface area (Å²) in [6.07, 6.45) is 0.765. The average Bonchev–Trinajstić information content (AvgIpc) is 3.09. The SMILES string of the molecule is CC(C)(C)[Si](C)(C)OC1C[C@@H]1N1C(=O)c2ccccc2C1=O. The van der Waals surface area contributed by atoms with Crippen molar-refractivity contribution in [3.05, 3.63) is 35.4 Å². The summed E-state index contributed by atoms with van der Waals surface area (Å²) in [6, 6.07) is 6.94. The summed E-state index contributed by atoms with van der Waals surface area (Å²) in [5.41, 5.74) is 1.04. The molecule has 4 nitrogen and oxygen atoms in total. The molecule has 22 heavy (non-hydrogen) atoms. The molecule has 1 unspecified atom stereocenters. The van der Waals surface area contributed by atoms with Gasteiger partial charge in [-0.15, -0.1) is 0 Å². The third kappa shape index (κ3) is 2.32. The Labute approximate surface area is 132 Å². The molecule has 1 heterocycles. The monoisotopic (exact) mass is 317 g/mol. The van der Waals surface area contributed by atoms with Gasteiger partial charge in [0.2, 0.25) is 0 Å². The highest BCUT2D eigenvalue weighted by Crippen LogP contribution is 2.44. The predicted octanol–water partition coefficient (Wildman–Crippen LogP) is 3.45. The second-order valence-electron chi connectivity index (χ2n) is 7.75. The number of nitrogens with zero attached hydrogens (tertiary/aromatic N) is 1. The van der Waals surface area contributed by atoms with E-state index in [2.05, 4.69) is 33.9 Å². The van der Waals surface area contributed by atoms with Crippen LogP contribution in [0.1, 0.15) is 47.9 Å². The lowest BCUT2D eigenvalue weighted by Crippen LogP contribution is -2.43. The highest BCUT2D eigenvalue weighted by Gasteiger charge is 2.54. The summed E-state index contributed by atoms with van der Waals surface area (Å²) in [5, 5.41) is 0.127. The topological polar surface area (TPSA) is 46.6 Å². The van der Waals surface area contributed by atoms with E-state index in [0.29, 0.717) is 11.1 Å². The second kappa shape index (κ2) is 4.76. The Morgan fingerprint density at radius 1 is 1.09 bits per heavy atom. The fraction of sp³-hybridized carbons (Fsp3) is 0.529. The van der Waals surface area contributed by atoms with Crippen molar-refractivity contribution in [2.24, 2.45) is 0 Å². The summed E-state index contributed by atoms with van der Waals surface area (Å²) in [6.45, 7) is 11.0. The molecule has 1 aromatic rings. The van der Waals surface area contributed by atoms with Crippen LogP contribution in [0, 0.1) is 0 Å². The van der Waals surface area contributed by atoms with Crippen molar-refractivity contribution in [2.45, 2.75) is 57.5 Å². The largest absolute Gasteiger partial charge is 0.412 e. The highest BCUT2D eigenvalue weighted by molar-refractivity contribution is 6.74. The molecule has 0 spiro atoms. The summed E-state index contributed by atoms with van der Waals surface area (Å²) >= 11 is 0. The van der Waals surface area contributed by atoms with Crippen molar-refractivity contribution in [1.29, 1.82) is 0 Å². The molecule has 1 aliphatic heterocycles. The molecule has 1 aromatic carbocycles. The van der Waals surface area contributed by atoms with Gasteiger partial charge in [-0.2, -0.15) is 0 Å². The van der Waals surface area contributed by atoms with Crippen molar-refractivity contribution in [2.75, 3.05) is 0 Å². The Bertz CT molecular complexity index is 613. The van der Waals surface area contributed by atoms with Gasteiger partial charge in [0, 0.05) is 0 Å². The molecular weight excluding hydrogens is 294 g/mol. The van der Waals surface area contributed by atoms with Crippen LogP contribution in [0.4, 0.5) is 0 Å². The van der Waals surface area contributed by atoms with E-state index >= 15 is 0 Å². The summed E-state index contributed by atoms with van der Waals surface area (Å²) in [4.78, 5) is 26.3. The van der Waals surface area contributed by atoms with Gasteiger partial charge in [-0.25, -0.2) is 0 Å². The molecule has 0 bridgehead atoms. The van der Waals surface area contributed by atoms with E-state index in [0.717, 1.165) is 6.42 Å². The zero-order valence-electron chi connectivity index (χ0n) is 13.8. The fourth-order valence-corrected chi connectivity index (χ4v) is 3.99. The minimum atomic E-state index is -1.87. The number of hydrogen-bond donors (Lipinski definition) is 0. The van der Waals surface area contributed by atoms with E-state index < -0.39 is 8.32 Å². The van der Waals surface area contributed by atoms with Crippen LogP contribution < -0.4 is 0 Å². The van der Waals surface area contributed by atoms with Crippen molar-refractivity contribution >= 4 is 20.1 Å². The van der Waals surface area contributed by atoms with Crippen LogP contribution in [-0.4, -0.2) is 37.2 Å². The quantitative estimate of drug-likeness (QED) is 0.634. The van der Waals surface area contributed by atoms with Gasteiger partial charge in [-0.3, -0.25) is 14.5 Å². The molecule has 1 fully saturated rings. The molecule has 1 saturated carbocycles. The number of rotatable bonds is 3. The molecule has 3 rings (SSSR count). The van der Waals surface area contributed by atoms with Gasteiger partial charge in [-0.05, 0) is 36.7 Å². The van der Waals surface area contributed by atoms with Gasteiger partial charge >= 0.3 is 0 Å². The number of amides is 2. The van der Waals surface area contributed by atoms with Crippen molar-refractivity contribution in [1.82, 2.24) is 4.90 Å². The molecule has 0 saturated heterocycles. The summed E-state index contributed by atoms with van der Waals surface area (Å²) in [7, 11) is -1.87. The van der Waals surface area contributed by atoms with Crippen molar-refractivity contribution < 1.29 is 14.0 Å². The average molecular weight is 317 g/mol. The number of benzene rings is 1. The molecule has 2 amide bonds. The predicted molar refractivity (Wildman–Crippen MR) is 87.4 cm³/mol. The third-order valence-electron chi connectivity index (χ3n) is 5.11. The maximum Gasteiger partial charge on any atom is 0.261 e. The first-order valence-corrected chi connectivity index (χ1v) is 10.7. The zero-order valence-corrected chi connectivity index (χ0v) is 14.8. The third-order valence-corrected chi connectivity index (χ3v) is 9.61. The Hall–Kier alpha value is -1.46. The lowest BCUT2D eigenvalue weighted by atomic mass is 10.1. The minimum absolute atomic E-state index is 0.00287. The van der Waals surface area contributed by atoms with E-state index in [1.165, 1.54) is 4.90 Å². The first-order chi connectivity index (χ1) is 10.1. The Kier molecular flexibility index (Phi) is 3.34. The van der Waals surface area contributed by atoms with Crippen LogP contribution in [0.3, 0.4) is 0 Å². The molecule has 118 valence electrons. The van der Waals surface area contributed by atoms with Crippen LogP contribution in [0.5, 0.6) is 0 Å². The first kappa shape index (κ1) is 15.4. The standard InChI is InChI=1S/C17H23NO3Si/c1-17(2,3)22(4,5)21-14-10-13(14)18-15(19)11-8-6-7-9-12(11)16(18)20/h6-9,13-14H,10H2,1-5H3/t13-,14?/m0/s1. The summed E-state index contributed by atoms with van der Waals surface area (Å²) < 4.78 is 6.33. The van der Waals surface area contributed by atoms with Crippen LogP contribution in [-0.2, 0) is 4.43 Å². The van der Waals surface area contributed by atoms with Gasteiger partial charge in [0.15, 0.2) is 8.32 Å². The number of carbonyl (C=O) groups excluding carboxylic acids is 2. The second-order valence-corrected chi connectivity index (χ2v) is 12.5. The molecule has 0 N–H and O–H groups in total. The maximum absolute atomic E-state index is 12.5. The molecule has 2 aliphatic rings. The molecular formula is C17H23NO3Si. The number of fused-ring (bicyclic) bond motifs is 1. The first-order valence-electron chi connectivity index (χ1n) is 7.78. The zero-order chi connectivity index (χ0) is 16.3. The van der Waals surface area contributed by atoms with E-state index in [4.69, 9.17) is 4.43 Å². The van der Waals surface area contributed by atoms with E-state index in [1.54, 1.807) is 24.3 Å². The van der Waals surface area contributed by atoms with Crippen LogP contribution in [0.15, 0.2) is 24.3 Å². The van der Waals surface area contributed by atoms with E-state index in [1.807, 2.05) is 0 Å². The summed E-state index contributed by atoms with van der Waals surface area (Å²) in [5.74, 6) is -0.348. The van der Waals surface area contributed by atoms with Crippen LogP contribution >= 0.6 is 0 Å². The Balaban J connectivity index is 1.74. The minimum Gasteiger partial charge on any atom is -0.412 e. The van der Waals surface area contributed by atoms with Gasteiger partial charge in [-0.1, -0.05) is 32.9 Å². The smallest absolute Gasteiger partial charge is 0.261 e.